The summed E-state index contributed by atoms with van der Waals surface area (Å²) in [5, 5.41) is 3.04. The van der Waals surface area contributed by atoms with Crippen molar-refractivity contribution in [2.75, 3.05) is 14.2 Å². The van der Waals surface area contributed by atoms with Gasteiger partial charge in [0.2, 0.25) is 5.91 Å². The van der Waals surface area contributed by atoms with Crippen molar-refractivity contribution in [1.82, 2.24) is 14.9 Å². The molecular weight excluding hydrogens is 350 g/mol. The van der Waals surface area contributed by atoms with E-state index in [2.05, 4.69) is 10.3 Å². The smallest absolute Gasteiger partial charge is 0.329 e. The number of carbonyl (C=O) groups is 1. The van der Waals surface area contributed by atoms with E-state index in [1.165, 1.54) is 7.11 Å². The van der Waals surface area contributed by atoms with E-state index in [1.54, 1.807) is 49.6 Å². The number of carbonyl (C=O) groups excluding carboxylic acids is 1. The average Bonchev–Trinajstić information content (AvgIpc) is 2.69. The molecule has 0 saturated carbocycles. The van der Waals surface area contributed by atoms with Crippen LogP contribution in [0.1, 0.15) is 5.56 Å². The van der Waals surface area contributed by atoms with Crippen LogP contribution in [-0.2, 0) is 17.9 Å². The molecule has 0 unspecified atom stereocenters. The lowest BCUT2D eigenvalue weighted by Crippen LogP contribution is -2.40. The van der Waals surface area contributed by atoms with Gasteiger partial charge in [0.15, 0.2) is 0 Å². The van der Waals surface area contributed by atoms with Crippen LogP contribution >= 0.6 is 0 Å². The Bertz CT molecular complexity index is 1100. The quantitative estimate of drug-likeness (QED) is 0.675. The normalized spacial score (nSPS) is 10.6. The molecule has 0 aliphatic carbocycles. The van der Waals surface area contributed by atoms with Crippen molar-refractivity contribution in [3.05, 3.63) is 68.9 Å². The van der Waals surface area contributed by atoms with Crippen molar-refractivity contribution in [3.8, 4) is 11.5 Å². The summed E-state index contributed by atoms with van der Waals surface area (Å²) in [7, 11) is 3.07. The summed E-state index contributed by atoms with van der Waals surface area (Å²) in [6, 6.07) is 11.9. The Morgan fingerprint density at radius 3 is 2.63 bits per heavy atom. The molecule has 1 amide bonds. The molecule has 0 aliphatic heterocycles. The van der Waals surface area contributed by atoms with E-state index in [0.29, 0.717) is 28.0 Å². The van der Waals surface area contributed by atoms with Gasteiger partial charge in [-0.05, 0) is 30.3 Å². The summed E-state index contributed by atoms with van der Waals surface area (Å²) in [6.07, 6.45) is 0. The van der Waals surface area contributed by atoms with E-state index in [9.17, 15) is 14.4 Å². The summed E-state index contributed by atoms with van der Waals surface area (Å²) < 4.78 is 11.3. The Morgan fingerprint density at radius 1 is 1.11 bits per heavy atom. The number of rotatable bonds is 6. The van der Waals surface area contributed by atoms with Crippen molar-refractivity contribution >= 4 is 16.8 Å². The van der Waals surface area contributed by atoms with Gasteiger partial charge in [-0.1, -0.05) is 12.1 Å². The van der Waals surface area contributed by atoms with Crippen molar-refractivity contribution in [2.45, 2.75) is 13.1 Å². The van der Waals surface area contributed by atoms with E-state index in [-0.39, 0.29) is 13.1 Å². The van der Waals surface area contributed by atoms with Gasteiger partial charge in [0.25, 0.3) is 5.56 Å². The molecule has 0 radical (unpaired) electrons. The average molecular weight is 369 g/mol. The first-order valence-electron chi connectivity index (χ1n) is 8.23. The number of aromatic nitrogens is 2. The van der Waals surface area contributed by atoms with Gasteiger partial charge in [-0.2, -0.15) is 0 Å². The Labute approximate surface area is 154 Å². The zero-order valence-electron chi connectivity index (χ0n) is 14.9. The Kier molecular flexibility index (Phi) is 5.25. The highest BCUT2D eigenvalue weighted by atomic mass is 16.5. The van der Waals surface area contributed by atoms with E-state index in [0.717, 1.165) is 4.57 Å². The van der Waals surface area contributed by atoms with Crippen molar-refractivity contribution < 1.29 is 14.3 Å². The van der Waals surface area contributed by atoms with Crippen LogP contribution in [0.5, 0.6) is 11.5 Å². The van der Waals surface area contributed by atoms with Gasteiger partial charge in [-0.15, -0.1) is 0 Å². The van der Waals surface area contributed by atoms with Crippen LogP contribution in [0, 0.1) is 0 Å². The number of H-pyrrole nitrogens is 1. The summed E-state index contributed by atoms with van der Waals surface area (Å²) >= 11 is 0. The molecule has 0 fully saturated rings. The topological polar surface area (TPSA) is 102 Å². The number of nitrogens with zero attached hydrogens (tertiary/aromatic N) is 1. The Morgan fingerprint density at radius 2 is 1.89 bits per heavy atom. The number of amides is 1. The van der Waals surface area contributed by atoms with Crippen molar-refractivity contribution in [3.63, 3.8) is 0 Å². The zero-order valence-corrected chi connectivity index (χ0v) is 14.9. The lowest BCUT2D eigenvalue weighted by atomic mass is 10.2. The number of ether oxygens (including phenoxy) is 2. The fourth-order valence-corrected chi connectivity index (χ4v) is 2.76. The summed E-state index contributed by atoms with van der Waals surface area (Å²) in [5.41, 5.74) is 0.00603. The maximum Gasteiger partial charge on any atom is 0.329 e. The molecule has 0 saturated heterocycles. The maximum atomic E-state index is 12.5. The molecule has 1 aromatic heterocycles. The summed E-state index contributed by atoms with van der Waals surface area (Å²) in [5.74, 6) is 0.752. The Balaban J connectivity index is 1.78. The van der Waals surface area contributed by atoms with E-state index in [1.807, 2.05) is 0 Å². The third-order valence-electron chi connectivity index (χ3n) is 4.15. The molecule has 3 aromatic rings. The number of methoxy groups -OCH3 is 2. The van der Waals surface area contributed by atoms with Crippen LogP contribution in [0.2, 0.25) is 0 Å². The van der Waals surface area contributed by atoms with Gasteiger partial charge in [0.1, 0.15) is 18.0 Å². The van der Waals surface area contributed by atoms with Crippen LogP contribution < -0.4 is 26.0 Å². The number of aromatic amines is 1. The second kappa shape index (κ2) is 7.77. The molecule has 0 aliphatic rings. The van der Waals surface area contributed by atoms with Gasteiger partial charge < -0.3 is 19.8 Å². The minimum Gasteiger partial charge on any atom is -0.497 e. The third-order valence-corrected chi connectivity index (χ3v) is 4.15. The van der Waals surface area contributed by atoms with Crippen molar-refractivity contribution in [1.29, 1.82) is 0 Å². The van der Waals surface area contributed by atoms with Gasteiger partial charge in [0, 0.05) is 12.1 Å². The first-order chi connectivity index (χ1) is 13.0. The monoisotopic (exact) mass is 369 g/mol. The molecule has 0 spiro atoms. The highest BCUT2D eigenvalue weighted by molar-refractivity contribution is 5.78. The first kappa shape index (κ1) is 18.2. The fourth-order valence-electron chi connectivity index (χ4n) is 2.76. The van der Waals surface area contributed by atoms with Crippen LogP contribution in [0.25, 0.3) is 10.9 Å². The number of hydrogen-bond donors (Lipinski definition) is 2. The van der Waals surface area contributed by atoms with Crippen LogP contribution in [0.3, 0.4) is 0 Å². The predicted octanol–water partition coefficient (Wildman–Crippen LogP) is 1.02. The molecule has 2 aromatic carbocycles. The van der Waals surface area contributed by atoms with Crippen LogP contribution in [-0.4, -0.2) is 29.7 Å². The number of benzene rings is 2. The molecule has 3 rings (SSSR count). The van der Waals surface area contributed by atoms with Crippen LogP contribution in [0.15, 0.2) is 52.1 Å². The highest BCUT2D eigenvalue weighted by Gasteiger charge is 2.12. The van der Waals surface area contributed by atoms with E-state index >= 15 is 0 Å². The second-order valence-electron chi connectivity index (χ2n) is 5.82. The van der Waals surface area contributed by atoms with Crippen molar-refractivity contribution in [2.24, 2.45) is 0 Å². The highest BCUT2D eigenvalue weighted by Crippen LogP contribution is 2.23. The molecule has 0 bridgehead atoms. The minimum absolute atomic E-state index is 0.166. The lowest BCUT2D eigenvalue weighted by molar-refractivity contribution is -0.121. The number of hydrogen-bond acceptors (Lipinski definition) is 5. The molecular formula is C19H19N3O5. The second-order valence-corrected chi connectivity index (χ2v) is 5.82. The minimum atomic E-state index is -0.632. The van der Waals surface area contributed by atoms with Gasteiger partial charge >= 0.3 is 5.69 Å². The SMILES string of the molecule is COc1ccc(OC)c(CNC(=O)Cn2c(=O)[nH]c3ccccc3c2=O)c1. The van der Waals surface area contributed by atoms with Gasteiger partial charge in [0.05, 0.1) is 25.1 Å². The predicted molar refractivity (Wildman–Crippen MR) is 100 cm³/mol. The standard InChI is InChI=1S/C19H19N3O5/c1-26-13-7-8-16(27-2)12(9-13)10-20-17(23)11-22-18(24)14-5-3-4-6-15(14)21-19(22)25/h3-9H,10-11H2,1-2H3,(H,20,23)(H,21,25). The molecule has 2 N–H and O–H groups in total. The van der Waals surface area contributed by atoms with Crippen LogP contribution in [0.4, 0.5) is 0 Å². The number of fused-ring (bicyclic) bond motifs is 1. The fraction of sp³-hybridized carbons (Fsp3) is 0.211. The summed E-state index contributed by atoms with van der Waals surface area (Å²) in [4.78, 5) is 39.5. The molecule has 0 atom stereocenters. The van der Waals surface area contributed by atoms with E-state index in [4.69, 9.17) is 9.47 Å². The molecule has 8 heteroatoms. The third kappa shape index (κ3) is 3.84. The molecule has 8 nitrogen and oxygen atoms in total. The van der Waals surface area contributed by atoms with E-state index < -0.39 is 17.2 Å². The van der Waals surface area contributed by atoms with Gasteiger partial charge in [-0.25, -0.2) is 4.79 Å². The number of para-hydroxylation sites is 1. The molecule has 140 valence electrons. The first-order valence-corrected chi connectivity index (χ1v) is 8.23. The lowest BCUT2D eigenvalue weighted by Gasteiger charge is -2.12. The summed E-state index contributed by atoms with van der Waals surface area (Å²) in [6.45, 7) is -0.218. The largest absolute Gasteiger partial charge is 0.497 e. The molecule has 1 heterocycles. The molecule has 27 heavy (non-hydrogen) atoms. The van der Waals surface area contributed by atoms with Gasteiger partial charge in [-0.3, -0.25) is 14.2 Å². The number of nitrogens with one attached hydrogen (secondary N) is 2. The zero-order chi connectivity index (χ0) is 19.4. The maximum absolute atomic E-state index is 12.5. The Hall–Kier alpha value is -3.55.